The quantitative estimate of drug-likeness (QED) is 0.479. The van der Waals surface area contributed by atoms with Crippen LogP contribution in [0.25, 0.3) is 0 Å². The van der Waals surface area contributed by atoms with Gasteiger partial charge in [0.25, 0.3) is 0 Å². The average molecular weight is 321 g/mol. The van der Waals surface area contributed by atoms with Crippen molar-refractivity contribution >= 4 is 23.0 Å². The summed E-state index contributed by atoms with van der Waals surface area (Å²) in [5.41, 5.74) is 4.91. The monoisotopic (exact) mass is 321 g/mol. The first-order valence-electron chi connectivity index (χ1n) is 7.59. The number of hydrogen-bond acceptors (Lipinski definition) is 4. The van der Waals surface area contributed by atoms with Gasteiger partial charge in [-0.3, -0.25) is 5.43 Å². The third kappa shape index (κ3) is 4.96. The molecule has 1 saturated heterocycles. The molecule has 2 rings (SSSR count). The zero-order chi connectivity index (χ0) is 15.8. The Morgan fingerprint density at radius 1 is 1.41 bits per heavy atom. The Balaban J connectivity index is 1.86. The van der Waals surface area contributed by atoms with Crippen molar-refractivity contribution in [1.82, 2.24) is 10.7 Å². The number of hydrazone groups is 1. The van der Waals surface area contributed by atoms with E-state index in [-0.39, 0.29) is 6.10 Å². The number of benzene rings is 1. The Bertz CT molecular complexity index is 511. The second-order valence-electron chi connectivity index (χ2n) is 5.10. The molecule has 1 fully saturated rings. The maximum Gasteiger partial charge on any atom is 0.187 e. The standard InChI is InChI=1S/C16H23N3O2S/c1-3-15(12-6-8-13(20-2)9-7-12)18-19-16(22)17-11-14-5-4-10-21-14/h6-9,14H,3-5,10-11H2,1-2H3,(H2,17,19,22)/b18-15-/t14-/m0/s1. The fourth-order valence-electron chi connectivity index (χ4n) is 2.30. The van der Waals surface area contributed by atoms with Gasteiger partial charge in [-0.25, -0.2) is 0 Å². The summed E-state index contributed by atoms with van der Waals surface area (Å²) in [6, 6.07) is 7.83. The molecule has 1 atom stereocenters. The zero-order valence-corrected chi connectivity index (χ0v) is 13.9. The van der Waals surface area contributed by atoms with E-state index in [1.54, 1.807) is 7.11 Å². The Kier molecular flexibility index (Phi) is 6.61. The largest absolute Gasteiger partial charge is 0.497 e. The normalized spacial score (nSPS) is 18.1. The van der Waals surface area contributed by atoms with E-state index < -0.39 is 0 Å². The topological polar surface area (TPSA) is 54.9 Å². The summed E-state index contributed by atoms with van der Waals surface area (Å²) in [6.07, 6.45) is 3.29. The van der Waals surface area contributed by atoms with Crippen LogP contribution in [0.3, 0.4) is 0 Å². The predicted octanol–water partition coefficient (Wildman–Crippen LogP) is 2.45. The average Bonchev–Trinajstić information content (AvgIpc) is 3.07. The summed E-state index contributed by atoms with van der Waals surface area (Å²) in [5, 5.41) is 8.06. The van der Waals surface area contributed by atoms with Crippen molar-refractivity contribution in [3.63, 3.8) is 0 Å². The molecule has 0 aliphatic carbocycles. The zero-order valence-electron chi connectivity index (χ0n) is 13.1. The second kappa shape index (κ2) is 8.70. The van der Waals surface area contributed by atoms with Crippen molar-refractivity contribution < 1.29 is 9.47 Å². The lowest BCUT2D eigenvalue weighted by molar-refractivity contribution is 0.114. The molecule has 0 unspecified atom stereocenters. The van der Waals surface area contributed by atoms with Gasteiger partial charge < -0.3 is 14.8 Å². The molecular formula is C16H23N3O2S. The van der Waals surface area contributed by atoms with Gasteiger partial charge in [-0.05, 0) is 61.3 Å². The van der Waals surface area contributed by atoms with E-state index >= 15 is 0 Å². The summed E-state index contributed by atoms with van der Waals surface area (Å²) in [5.74, 6) is 0.834. The van der Waals surface area contributed by atoms with Gasteiger partial charge in [0.2, 0.25) is 0 Å². The lowest BCUT2D eigenvalue weighted by atomic mass is 10.1. The molecule has 0 spiro atoms. The Morgan fingerprint density at radius 3 is 2.77 bits per heavy atom. The van der Waals surface area contributed by atoms with Crippen molar-refractivity contribution in [3.8, 4) is 5.75 Å². The molecule has 0 bridgehead atoms. The molecule has 6 heteroatoms. The number of ether oxygens (including phenoxy) is 2. The summed E-state index contributed by atoms with van der Waals surface area (Å²) >= 11 is 5.24. The van der Waals surface area contributed by atoms with E-state index in [4.69, 9.17) is 21.7 Å². The summed E-state index contributed by atoms with van der Waals surface area (Å²) < 4.78 is 10.7. The molecule has 1 aliphatic heterocycles. The van der Waals surface area contributed by atoms with Crippen LogP contribution in [0.1, 0.15) is 31.7 Å². The number of nitrogens with zero attached hydrogens (tertiary/aromatic N) is 1. The molecule has 0 amide bonds. The second-order valence-corrected chi connectivity index (χ2v) is 5.51. The Hall–Kier alpha value is -1.66. The number of methoxy groups -OCH3 is 1. The Labute approximate surface area is 137 Å². The van der Waals surface area contributed by atoms with E-state index in [1.165, 1.54) is 0 Å². The van der Waals surface area contributed by atoms with Crippen LogP contribution in [0.5, 0.6) is 5.75 Å². The predicted molar refractivity (Wildman–Crippen MR) is 92.5 cm³/mol. The number of thiocarbonyl (C=S) groups is 1. The van der Waals surface area contributed by atoms with Crippen LogP contribution in [0.4, 0.5) is 0 Å². The van der Waals surface area contributed by atoms with E-state index in [0.29, 0.717) is 5.11 Å². The maximum absolute atomic E-state index is 5.54. The smallest absolute Gasteiger partial charge is 0.187 e. The van der Waals surface area contributed by atoms with Gasteiger partial charge in [0, 0.05) is 13.2 Å². The Morgan fingerprint density at radius 2 is 2.18 bits per heavy atom. The third-order valence-electron chi connectivity index (χ3n) is 3.56. The molecule has 1 aliphatic rings. The minimum absolute atomic E-state index is 0.260. The van der Waals surface area contributed by atoms with Crippen molar-refractivity contribution in [1.29, 1.82) is 0 Å². The highest BCUT2D eigenvalue weighted by molar-refractivity contribution is 7.80. The molecule has 0 saturated carbocycles. The first-order valence-corrected chi connectivity index (χ1v) is 8.00. The van der Waals surface area contributed by atoms with Crippen molar-refractivity contribution in [2.24, 2.45) is 5.10 Å². The highest BCUT2D eigenvalue weighted by atomic mass is 32.1. The van der Waals surface area contributed by atoms with E-state index in [1.807, 2.05) is 24.3 Å². The molecule has 1 heterocycles. The molecule has 2 N–H and O–H groups in total. The minimum atomic E-state index is 0.260. The highest BCUT2D eigenvalue weighted by Gasteiger charge is 2.15. The fourth-order valence-corrected chi connectivity index (χ4v) is 2.43. The molecule has 120 valence electrons. The lowest BCUT2D eigenvalue weighted by Crippen LogP contribution is -2.37. The van der Waals surface area contributed by atoms with Crippen LogP contribution in [0.2, 0.25) is 0 Å². The molecule has 1 aromatic rings. The van der Waals surface area contributed by atoms with Crippen molar-refractivity contribution in [2.75, 3.05) is 20.3 Å². The van der Waals surface area contributed by atoms with Gasteiger partial charge in [0.1, 0.15) is 5.75 Å². The third-order valence-corrected chi connectivity index (χ3v) is 3.80. The molecular weight excluding hydrogens is 298 g/mol. The summed E-state index contributed by atoms with van der Waals surface area (Å²) in [4.78, 5) is 0. The van der Waals surface area contributed by atoms with Gasteiger partial charge in [0.05, 0.1) is 18.9 Å². The van der Waals surface area contributed by atoms with Crippen molar-refractivity contribution in [3.05, 3.63) is 29.8 Å². The first-order chi connectivity index (χ1) is 10.7. The number of rotatable bonds is 6. The van der Waals surface area contributed by atoms with Crippen LogP contribution in [-0.2, 0) is 4.74 Å². The minimum Gasteiger partial charge on any atom is -0.497 e. The van der Waals surface area contributed by atoms with Gasteiger partial charge in [-0.2, -0.15) is 5.10 Å². The number of nitrogens with one attached hydrogen (secondary N) is 2. The molecule has 0 radical (unpaired) electrons. The fraction of sp³-hybridized carbons (Fsp3) is 0.500. The SMILES string of the molecule is CC/C(=N/NC(=S)NC[C@@H]1CCCO1)c1ccc(OC)cc1. The highest BCUT2D eigenvalue weighted by Crippen LogP contribution is 2.13. The molecule has 0 aromatic heterocycles. The van der Waals surface area contributed by atoms with E-state index in [2.05, 4.69) is 22.8 Å². The van der Waals surface area contributed by atoms with Crippen LogP contribution in [-0.4, -0.2) is 37.2 Å². The first kappa shape index (κ1) is 16.7. The molecule has 22 heavy (non-hydrogen) atoms. The van der Waals surface area contributed by atoms with Gasteiger partial charge in [-0.15, -0.1) is 0 Å². The van der Waals surface area contributed by atoms with E-state index in [9.17, 15) is 0 Å². The van der Waals surface area contributed by atoms with Crippen LogP contribution in [0.15, 0.2) is 29.4 Å². The lowest BCUT2D eigenvalue weighted by Gasteiger charge is -2.12. The van der Waals surface area contributed by atoms with Crippen molar-refractivity contribution in [2.45, 2.75) is 32.3 Å². The van der Waals surface area contributed by atoms with Crippen LogP contribution in [0, 0.1) is 0 Å². The van der Waals surface area contributed by atoms with Gasteiger partial charge >= 0.3 is 0 Å². The maximum atomic E-state index is 5.54. The summed E-state index contributed by atoms with van der Waals surface area (Å²) in [6.45, 7) is 3.64. The van der Waals surface area contributed by atoms with Gasteiger partial charge in [0.15, 0.2) is 5.11 Å². The van der Waals surface area contributed by atoms with Gasteiger partial charge in [-0.1, -0.05) is 6.92 Å². The number of hydrogen-bond donors (Lipinski definition) is 2. The summed E-state index contributed by atoms with van der Waals surface area (Å²) in [7, 11) is 1.66. The molecule has 1 aromatic carbocycles. The molecule has 5 nitrogen and oxygen atoms in total. The van der Waals surface area contributed by atoms with Crippen LogP contribution < -0.4 is 15.5 Å². The van der Waals surface area contributed by atoms with Crippen LogP contribution >= 0.6 is 12.2 Å². The van der Waals surface area contributed by atoms with E-state index in [0.717, 1.165) is 49.4 Å².